The quantitative estimate of drug-likeness (QED) is 0.518. The van der Waals surface area contributed by atoms with Crippen LogP contribution in [0, 0.1) is 28.5 Å². The summed E-state index contributed by atoms with van der Waals surface area (Å²) in [5.41, 5.74) is 1.71. The fourth-order valence-electron chi connectivity index (χ4n) is 0.816. The lowest BCUT2D eigenvalue weighted by Crippen LogP contribution is -1.99. The Morgan fingerprint density at radius 2 is 2.06 bits per heavy atom. The summed E-state index contributed by atoms with van der Waals surface area (Å²) >= 11 is 8.89. The summed E-state index contributed by atoms with van der Waals surface area (Å²) < 4.78 is 13.8. The zero-order valence-corrected chi connectivity index (χ0v) is 9.97. The second-order valence-electron chi connectivity index (χ2n) is 2.51. The molecule has 0 radical (unpaired) electrons. The molecule has 0 aliphatic heterocycles. The molecule has 0 spiro atoms. The van der Waals surface area contributed by atoms with E-state index in [9.17, 15) is 4.39 Å². The average molecular weight is 302 g/mol. The number of hydrogen-bond acceptors (Lipinski definition) is 4. The number of nitriles is 2. The zero-order chi connectivity index (χ0) is 12.1. The van der Waals surface area contributed by atoms with Gasteiger partial charge in [0, 0.05) is 4.47 Å². The highest BCUT2D eigenvalue weighted by molar-refractivity contribution is 9.10. The molecule has 1 aromatic rings. The lowest BCUT2D eigenvalue weighted by molar-refractivity contribution is 0.630. The molecule has 0 saturated heterocycles. The van der Waals surface area contributed by atoms with Crippen molar-refractivity contribution in [1.29, 1.82) is 10.5 Å². The summed E-state index contributed by atoms with van der Waals surface area (Å²) in [5.74, 6) is -0.632. The maximum atomic E-state index is 13.3. The van der Waals surface area contributed by atoms with Gasteiger partial charge in [0.05, 0.1) is 5.02 Å². The van der Waals surface area contributed by atoms with Crippen LogP contribution in [0.1, 0.15) is 0 Å². The van der Waals surface area contributed by atoms with Crippen molar-refractivity contribution in [1.82, 2.24) is 0 Å². The number of anilines is 1. The smallest absolute Gasteiger partial charge is 0.237 e. The number of nitrogens with zero attached hydrogens (tertiary/aromatic N) is 3. The number of hydrogen-bond donors (Lipinski definition) is 1. The predicted octanol–water partition coefficient (Wildman–Crippen LogP) is 3.06. The molecule has 0 bridgehead atoms. The van der Waals surface area contributed by atoms with Gasteiger partial charge in [-0.3, -0.25) is 5.43 Å². The minimum absolute atomic E-state index is 0.0824. The fourth-order valence-corrected chi connectivity index (χ4v) is 1.34. The first-order valence-electron chi connectivity index (χ1n) is 3.87. The van der Waals surface area contributed by atoms with Crippen LogP contribution in [0.4, 0.5) is 10.1 Å². The molecule has 80 valence electrons. The lowest BCUT2D eigenvalue weighted by atomic mass is 10.3. The molecule has 1 aromatic carbocycles. The van der Waals surface area contributed by atoms with Gasteiger partial charge in [-0.25, -0.2) is 4.39 Å². The average Bonchev–Trinajstić information content (AvgIpc) is 2.29. The first-order valence-corrected chi connectivity index (χ1v) is 5.04. The van der Waals surface area contributed by atoms with Crippen LogP contribution < -0.4 is 5.43 Å². The molecule has 0 atom stereocenters. The van der Waals surface area contributed by atoms with E-state index in [0.29, 0.717) is 4.47 Å². The van der Waals surface area contributed by atoms with Gasteiger partial charge >= 0.3 is 0 Å². The van der Waals surface area contributed by atoms with Crippen molar-refractivity contribution in [3.8, 4) is 12.1 Å². The van der Waals surface area contributed by atoms with Crippen molar-refractivity contribution in [2.75, 3.05) is 5.43 Å². The predicted molar refractivity (Wildman–Crippen MR) is 61.4 cm³/mol. The topological polar surface area (TPSA) is 72.0 Å². The Morgan fingerprint density at radius 3 is 2.62 bits per heavy atom. The Bertz CT molecular complexity index is 514. The molecule has 4 nitrogen and oxygen atoms in total. The van der Waals surface area contributed by atoms with E-state index in [1.807, 2.05) is 0 Å². The Hall–Kier alpha value is -1.63. The molecule has 16 heavy (non-hydrogen) atoms. The highest BCUT2D eigenvalue weighted by atomic mass is 79.9. The van der Waals surface area contributed by atoms with E-state index < -0.39 is 11.5 Å². The van der Waals surface area contributed by atoms with Crippen LogP contribution in [0.5, 0.6) is 0 Å². The lowest BCUT2D eigenvalue weighted by Gasteiger charge is -2.05. The monoisotopic (exact) mass is 300 g/mol. The van der Waals surface area contributed by atoms with E-state index in [-0.39, 0.29) is 10.7 Å². The van der Waals surface area contributed by atoms with Crippen molar-refractivity contribution < 1.29 is 4.39 Å². The maximum absolute atomic E-state index is 13.3. The number of benzene rings is 1. The molecule has 1 N–H and O–H groups in total. The third-order valence-electron chi connectivity index (χ3n) is 1.54. The Labute approximate surface area is 104 Å². The van der Waals surface area contributed by atoms with Gasteiger partial charge in [-0.15, -0.1) is 0 Å². The van der Waals surface area contributed by atoms with Gasteiger partial charge in [0.1, 0.15) is 23.6 Å². The van der Waals surface area contributed by atoms with E-state index in [1.54, 1.807) is 0 Å². The highest BCUT2D eigenvalue weighted by Crippen LogP contribution is 2.32. The first kappa shape index (κ1) is 12.4. The van der Waals surface area contributed by atoms with Gasteiger partial charge in [-0.2, -0.15) is 15.6 Å². The fraction of sp³-hybridized carbons (Fsp3) is 0. The largest absolute Gasteiger partial charge is 0.272 e. The van der Waals surface area contributed by atoms with Gasteiger partial charge in [-0.05, 0) is 28.1 Å². The highest BCUT2D eigenvalue weighted by Gasteiger charge is 2.10. The standard InChI is InChI=1S/C9H3BrClFN4/c10-6-1-2-7(12)9(8(6)11)16-15-5(3-13)4-14/h1-2,16H. The summed E-state index contributed by atoms with van der Waals surface area (Å²) in [5, 5.41) is 20.3. The van der Waals surface area contributed by atoms with Gasteiger partial charge in [0.25, 0.3) is 0 Å². The third-order valence-corrected chi connectivity index (χ3v) is 2.82. The van der Waals surface area contributed by atoms with E-state index >= 15 is 0 Å². The SMILES string of the molecule is N#CC(C#N)=NNc1c(F)ccc(Br)c1Cl. The molecule has 1 rings (SSSR count). The van der Waals surface area contributed by atoms with Gasteiger partial charge in [0.2, 0.25) is 5.71 Å². The van der Waals surface area contributed by atoms with Crippen LogP contribution in [0.25, 0.3) is 0 Å². The van der Waals surface area contributed by atoms with Gasteiger partial charge < -0.3 is 0 Å². The second kappa shape index (κ2) is 5.45. The van der Waals surface area contributed by atoms with E-state index in [0.717, 1.165) is 0 Å². The summed E-state index contributed by atoms with van der Waals surface area (Å²) in [7, 11) is 0. The Kier molecular flexibility index (Phi) is 4.24. The molecule has 0 saturated carbocycles. The van der Waals surface area contributed by atoms with Crippen molar-refractivity contribution in [3.63, 3.8) is 0 Å². The van der Waals surface area contributed by atoms with E-state index in [1.165, 1.54) is 24.3 Å². The minimum Gasteiger partial charge on any atom is -0.272 e. The zero-order valence-electron chi connectivity index (χ0n) is 7.63. The molecular weight excluding hydrogens is 298 g/mol. The van der Waals surface area contributed by atoms with Crippen LogP contribution >= 0.6 is 27.5 Å². The van der Waals surface area contributed by atoms with Crippen LogP contribution in [-0.4, -0.2) is 5.71 Å². The molecule has 0 aliphatic rings. The molecular formula is C9H3BrClFN4. The van der Waals surface area contributed by atoms with E-state index in [4.69, 9.17) is 22.1 Å². The maximum Gasteiger partial charge on any atom is 0.237 e. The van der Waals surface area contributed by atoms with Crippen LogP contribution in [0.15, 0.2) is 21.7 Å². The first-order chi connectivity index (χ1) is 7.60. The second-order valence-corrected chi connectivity index (χ2v) is 3.75. The number of halogens is 3. The van der Waals surface area contributed by atoms with Crippen LogP contribution in [-0.2, 0) is 0 Å². The van der Waals surface area contributed by atoms with Crippen molar-refractivity contribution >= 4 is 38.9 Å². The normalized spacial score (nSPS) is 8.81. The van der Waals surface area contributed by atoms with Crippen molar-refractivity contribution in [3.05, 3.63) is 27.4 Å². The molecule has 7 heteroatoms. The van der Waals surface area contributed by atoms with Gasteiger partial charge in [-0.1, -0.05) is 11.6 Å². The molecule has 0 unspecified atom stereocenters. The van der Waals surface area contributed by atoms with Crippen LogP contribution in [0.3, 0.4) is 0 Å². The summed E-state index contributed by atoms with van der Waals surface area (Å²) in [6, 6.07) is 5.65. The summed E-state index contributed by atoms with van der Waals surface area (Å²) in [4.78, 5) is 0. The van der Waals surface area contributed by atoms with Crippen LogP contribution in [0.2, 0.25) is 5.02 Å². The summed E-state index contributed by atoms with van der Waals surface area (Å²) in [6.45, 7) is 0. The van der Waals surface area contributed by atoms with Crippen molar-refractivity contribution in [2.45, 2.75) is 0 Å². The molecule has 0 aromatic heterocycles. The molecule has 0 amide bonds. The van der Waals surface area contributed by atoms with E-state index in [2.05, 4.69) is 26.5 Å². The Morgan fingerprint density at radius 1 is 1.44 bits per heavy atom. The molecule has 0 fully saturated rings. The third kappa shape index (κ3) is 2.69. The summed E-state index contributed by atoms with van der Waals surface area (Å²) in [6.07, 6.45) is 0. The van der Waals surface area contributed by atoms with Crippen molar-refractivity contribution in [2.24, 2.45) is 5.10 Å². The number of rotatable bonds is 2. The number of hydrazone groups is 1. The van der Waals surface area contributed by atoms with Gasteiger partial charge in [0.15, 0.2) is 0 Å². The minimum atomic E-state index is -0.632. The molecule has 0 aliphatic carbocycles. The number of nitrogens with one attached hydrogen (secondary N) is 1. The Balaban J connectivity index is 3.09. The molecule has 0 heterocycles.